The van der Waals surface area contributed by atoms with Crippen molar-refractivity contribution in [3.8, 4) is 0 Å². The fourth-order valence-electron chi connectivity index (χ4n) is 1.36. The number of hydrogen-bond donors (Lipinski definition) is 1. The van der Waals surface area contributed by atoms with Crippen LogP contribution in [0.3, 0.4) is 0 Å². The Kier molecular flexibility index (Phi) is 4.30. The summed E-state index contributed by atoms with van der Waals surface area (Å²) in [4.78, 5) is 23.9. The van der Waals surface area contributed by atoms with Gasteiger partial charge in [-0.25, -0.2) is 14.8 Å². The molecule has 2 rings (SSSR count). The summed E-state index contributed by atoms with van der Waals surface area (Å²) in [5.74, 6) is -0.455. The number of hydrogen-bond acceptors (Lipinski definition) is 7. The number of nitrogens with zero attached hydrogens (tertiary/aromatic N) is 3. The van der Waals surface area contributed by atoms with Crippen LogP contribution < -0.4 is 5.73 Å². The monoisotopic (exact) mass is 276 g/mol. The number of carbonyl (C=O) groups excluding carboxylic acids is 1. The SMILES string of the molecule is CCOC(=O)c1ccnc(Sc2cnccn2)c1N. The summed E-state index contributed by atoms with van der Waals surface area (Å²) in [6.07, 6.45) is 6.27. The minimum absolute atomic E-state index is 0.289. The van der Waals surface area contributed by atoms with Gasteiger partial charge in [-0.1, -0.05) is 0 Å². The summed E-state index contributed by atoms with van der Waals surface area (Å²) in [5, 5.41) is 1.16. The van der Waals surface area contributed by atoms with E-state index in [1.165, 1.54) is 24.0 Å². The van der Waals surface area contributed by atoms with Gasteiger partial charge >= 0.3 is 5.97 Å². The van der Waals surface area contributed by atoms with E-state index in [1.807, 2.05) is 0 Å². The van der Waals surface area contributed by atoms with Gasteiger partial charge in [-0.05, 0) is 24.8 Å². The third-order valence-electron chi connectivity index (χ3n) is 2.19. The predicted molar refractivity (Wildman–Crippen MR) is 70.8 cm³/mol. The van der Waals surface area contributed by atoms with Crippen LogP contribution in [0, 0.1) is 0 Å². The molecule has 19 heavy (non-hydrogen) atoms. The lowest BCUT2D eigenvalue weighted by atomic mass is 10.2. The van der Waals surface area contributed by atoms with E-state index < -0.39 is 5.97 Å². The van der Waals surface area contributed by atoms with Gasteiger partial charge in [-0.3, -0.25) is 4.98 Å². The number of aromatic nitrogens is 3. The second-order valence-corrected chi connectivity index (χ2v) is 4.45. The van der Waals surface area contributed by atoms with Crippen LogP contribution in [0.15, 0.2) is 40.9 Å². The summed E-state index contributed by atoms with van der Waals surface area (Å²) < 4.78 is 4.93. The van der Waals surface area contributed by atoms with Crippen LogP contribution in [-0.4, -0.2) is 27.5 Å². The Balaban J connectivity index is 2.27. The van der Waals surface area contributed by atoms with Crippen molar-refractivity contribution in [2.24, 2.45) is 0 Å². The second-order valence-electron chi connectivity index (χ2n) is 3.44. The zero-order chi connectivity index (χ0) is 13.7. The van der Waals surface area contributed by atoms with Crippen LogP contribution in [-0.2, 0) is 4.74 Å². The Labute approximate surface area is 114 Å². The molecule has 7 heteroatoms. The average molecular weight is 276 g/mol. The molecular weight excluding hydrogens is 264 g/mol. The number of nitrogen functional groups attached to an aromatic ring is 1. The summed E-state index contributed by atoms with van der Waals surface area (Å²) in [7, 11) is 0. The van der Waals surface area contributed by atoms with Gasteiger partial charge in [0.05, 0.1) is 24.1 Å². The summed E-state index contributed by atoms with van der Waals surface area (Å²) in [6, 6.07) is 1.54. The predicted octanol–water partition coefficient (Wildman–Crippen LogP) is 1.78. The Morgan fingerprint density at radius 3 is 2.89 bits per heavy atom. The molecule has 6 nitrogen and oxygen atoms in total. The molecule has 2 aromatic heterocycles. The Hall–Kier alpha value is -2.15. The second kappa shape index (κ2) is 6.14. The molecule has 0 saturated heterocycles. The summed E-state index contributed by atoms with van der Waals surface area (Å²) in [6.45, 7) is 2.04. The third-order valence-corrected chi connectivity index (χ3v) is 3.13. The normalized spacial score (nSPS) is 10.2. The fraction of sp³-hybridized carbons (Fsp3) is 0.167. The number of carbonyl (C=O) groups is 1. The molecule has 0 atom stereocenters. The number of rotatable bonds is 4. The van der Waals surface area contributed by atoms with Gasteiger partial charge in [0.2, 0.25) is 0 Å². The van der Waals surface area contributed by atoms with Crippen LogP contribution in [0.1, 0.15) is 17.3 Å². The highest BCUT2D eigenvalue weighted by molar-refractivity contribution is 7.99. The quantitative estimate of drug-likeness (QED) is 0.851. The average Bonchev–Trinajstić information content (AvgIpc) is 2.42. The van der Waals surface area contributed by atoms with Gasteiger partial charge in [0.15, 0.2) is 0 Å². The molecule has 2 N–H and O–H groups in total. The topological polar surface area (TPSA) is 91.0 Å². The van der Waals surface area contributed by atoms with E-state index in [1.54, 1.807) is 25.5 Å². The molecule has 0 aliphatic carbocycles. The lowest BCUT2D eigenvalue weighted by molar-refractivity contribution is 0.0527. The van der Waals surface area contributed by atoms with Crippen molar-refractivity contribution >= 4 is 23.4 Å². The first-order valence-corrected chi connectivity index (χ1v) is 6.39. The molecule has 0 aliphatic heterocycles. The van der Waals surface area contributed by atoms with Crippen LogP contribution in [0.2, 0.25) is 0 Å². The van der Waals surface area contributed by atoms with Gasteiger partial charge in [0.1, 0.15) is 10.1 Å². The largest absolute Gasteiger partial charge is 0.462 e. The standard InChI is InChI=1S/C12H12N4O2S/c1-2-18-12(17)8-3-4-16-11(10(8)13)19-9-7-14-5-6-15-9/h3-7H,2,13H2,1H3. The summed E-state index contributed by atoms with van der Waals surface area (Å²) in [5.41, 5.74) is 6.53. The first-order valence-electron chi connectivity index (χ1n) is 5.57. The maximum Gasteiger partial charge on any atom is 0.340 e. The molecule has 0 radical (unpaired) electrons. The highest BCUT2D eigenvalue weighted by Crippen LogP contribution is 2.30. The fourth-order valence-corrected chi connectivity index (χ4v) is 2.12. The number of anilines is 1. The molecule has 0 spiro atoms. The van der Waals surface area contributed by atoms with Gasteiger partial charge in [0, 0.05) is 18.6 Å². The molecule has 0 saturated carbocycles. The molecule has 0 amide bonds. The first-order chi connectivity index (χ1) is 9.22. The smallest absolute Gasteiger partial charge is 0.340 e. The van der Waals surface area contributed by atoms with E-state index in [-0.39, 0.29) is 5.69 Å². The van der Waals surface area contributed by atoms with Gasteiger partial charge in [-0.2, -0.15) is 0 Å². The molecule has 2 heterocycles. The third kappa shape index (κ3) is 3.19. The molecular formula is C12H12N4O2S. The van der Waals surface area contributed by atoms with E-state index >= 15 is 0 Å². The van der Waals surface area contributed by atoms with Gasteiger partial charge in [0.25, 0.3) is 0 Å². The van der Waals surface area contributed by atoms with Crippen molar-refractivity contribution in [1.82, 2.24) is 15.0 Å². The minimum Gasteiger partial charge on any atom is -0.462 e. The van der Waals surface area contributed by atoms with Crippen LogP contribution in [0.4, 0.5) is 5.69 Å². The van der Waals surface area contributed by atoms with E-state index in [4.69, 9.17) is 10.5 Å². The first kappa shape index (κ1) is 13.3. The lowest BCUT2D eigenvalue weighted by Gasteiger charge is -2.08. The molecule has 98 valence electrons. The lowest BCUT2D eigenvalue weighted by Crippen LogP contribution is -2.09. The highest BCUT2D eigenvalue weighted by Gasteiger charge is 2.15. The number of ether oxygens (including phenoxy) is 1. The Bertz CT molecular complexity index is 577. The maximum atomic E-state index is 11.7. The van der Waals surface area contributed by atoms with Crippen molar-refractivity contribution in [2.75, 3.05) is 12.3 Å². The minimum atomic E-state index is -0.455. The van der Waals surface area contributed by atoms with E-state index in [0.717, 1.165) is 0 Å². The van der Waals surface area contributed by atoms with E-state index in [2.05, 4.69) is 15.0 Å². The molecule has 0 fully saturated rings. The Morgan fingerprint density at radius 2 is 2.21 bits per heavy atom. The van der Waals surface area contributed by atoms with Crippen LogP contribution in [0.25, 0.3) is 0 Å². The number of esters is 1. The van der Waals surface area contributed by atoms with Crippen molar-refractivity contribution < 1.29 is 9.53 Å². The van der Waals surface area contributed by atoms with E-state index in [0.29, 0.717) is 22.2 Å². The van der Waals surface area contributed by atoms with Crippen molar-refractivity contribution in [1.29, 1.82) is 0 Å². The van der Waals surface area contributed by atoms with Crippen LogP contribution >= 0.6 is 11.8 Å². The van der Waals surface area contributed by atoms with E-state index in [9.17, 15) is 4.79 Å². The zero-order valence-electron chi connectivity index (χ0n) is 10.2. The number of nitrogens with two attached hydrogens (primary N) is 1. The molecule has 0 bridgehead atoms. The van der Waals surface area contributed by atoms with Crippen molar-refractivity contribution in [3.63, 3.8) is 0 Å². The Morgan fingerprint density at radius 1 is 1.37 bits per heavy atom. The number of pyridine rings is 1. The zero-order valence-corrected chi connectivity index (χ0v) is 11.1. The maximum absolute atomic E-state index is 11.7. The van der Waals surface area contributed by atoms with Gasteiger partial charge < -0.3 is 10.5 Å². The highest BCUT2D eigenvalue weighted by atomic mass is 32.2. The van der Waals surface area contributed by atoms with Crippen molar-refractivity contribution in [2.45, 2.75) is 17.0 Å². The van der Waals surface area contributed by atoms with Gasteiger partial charge in [-0.15, -0.1) is 0 Å². The molecule has 0 aliphatic rings. The van der Waals surface area contributed by atoms with Crippen molar-refractivity contribution in [3.05, 3.63) is 36.4 Å². The molecule has 2 aromatic rings. The summed E-state index contributed by atoms with van der Waals surface area (Å²) >= 11 is 1.25. The van der Waals surface area contributed by atoms with Crippen LogP contribution in [0.5, 0.6) is 0 Å². The molecule has 0 unspecified atom stereocenters. The molecule has 0 aromatic carbocycles.